The summed E-state index contributed by atoms with van der Waals surface area (Å²) >= 11 is 0. The summed E-state index contributed by atoms with van der Waals surface area (Å²) in [6, 6.07) is -0.897. The highest BCUT2D eigenvalue weighted by Gasteiger charge is 2.35. The van der Waals surface area contributed by atoms with Crippen LogP contribution in [-0.2, 0) is 0 Å². The van der Waals surface area contributed by atoms with Gasteiger partial charge in [-0.2, -0.15) is 13.2 Å². The number of rotatable bonds is 0. The smallest absolute Gasteiger partial charge is 0.351 e. The van der Waals surface area contributed by atoms with Crippen LogP contribution >= 0.6 is 0 Å². The maximum Gasteiger partial charge on any atom is 0.414 e. The van der Waals surface area contributed by atoms with Crippen molar-refractivity contribution < 1.29 is 18.0 Å². The lowest BCUT2D eigenvalue weighted by Gasteiger charge is -2.21. The molecule has 2 N–H and O–H groups in total. The molecule has 1 heterocycles. The molecular weight excluding hydrogens is 185 g/mol. The Bertz CT molecular complexity index is 280. The van der Waals surface area contributed by atoms with Gasteiger partial charge in [0.25, 0.3) is 0 Å². The van der Waals surface area contributed by atoms with Crippen LogP contribution in [0.2, 0.25) is 0 Å². The number of hydrogen-bond acceptors (Lipinski definition) is 1. The zero-order chi connectivity index (χ0) is 10.1. The summed E-state index contributed by atoms with van der Waals surface area (Å²) in [6.45, 7) is -0.519. The molecule has 0 fully saturated rings. The minimum atomic E-state index is -4.40. The lowest BCUT2D eigenvalue weighted by molar-refractivity contribution is -0.0944. The number of amides is 2. The molecule has 0 unspecified atom stereocenters. The molecule has 0 atom stereocenters. The van der Waals surface area contributed by atoms with E-state index in [1.54, 1.807) is 0 Å². The number of carbonyl (C=O) groups excluding carboxylic acids is 1. The molecule has 2 amide bonds. The third-order valence-electron chi connectivity index (χ3n) is 1.55. The van der Waals surface area contributed by atoms with Crippen molar-refractivity contribution in [2.24, 2.45) is 5.73 Å². The van der Waals surface area contributed by atoms with Crippen molar-refractivity contribution in [3.05, 3.63) is 23.9 Å². The first-order chi connectivity index (χ1) is 5.91. The van der Waals surface area contributed by atoms with Gasteiger partial charge in [0.05, 0.1) is 12.1 Å². The number of halogens is 3. The van der Waals surface area contributed by atoms with Crippen molar-refractivity contribution in [3.63, 3.8) is 0 Å². The summed E-state index contributed by atoms with van der Waals surface area (Å²) in [5.41, 5.74) is 4.03. The number of nitrogens with two attached hydrogens (primary N) is 1. The maximum absolute atomic E-state index is 12.1. The van der Waals surface area contributed by atoms with Gasteiger partial charge in [-0.1, -0.05) is 6.08 Å². The highest BCUT2D eigenvalue weighted by molar-refractivity contribution is 5.74. The van der Waals surface area contributed by atoms with Crippen molar-refractivity contribution in [3.8, 4) is 0 Å². The predicted molar refractivity (Wildman–Crippen MR) is 39.6 cm³/mol. The van der Waals surface area contributed by atoms with Gasteiger partial charge in [0.2, 0.25) is 0 Å². The summed E-state index contributed by atoms with van der Waals surface area (Å²) < 4.78 is 36.3. The highest BCUT2D eigenvalue weighted by Crippen LogP contribution is 2.27. The SMILES string of the molecule is NC(=O)N1C=CC=C(C(F)(F)F)C1. The fraction of sp³-hybridized carbons (Fsp3) is 0.286. The standard InChI is InChI=1S/C7H7F3N2O/c8-7(9,10)5-2-1-3-12(4-5)6(11)13/h1-3H,4H2,(H2,11,13). The van der Waals surface area contributed by atoms with Gasteiger partial charge in [0.15, 0.2) is 0 Å². The zero-order valence-corrected chi connectivity index (χ0v) is 6.51. The molecule has 72 valence electrons. The highest BCUT2D eigenvalue weighted by atomic mass is 19.4. The normalized spacial score (nSPS) is 17.2. The molecule has 0 aliphatic carbocycles. The first-order valence-electron chi connectivity index (χ1n) is 3.42. The Kier molecular flexibility index (Phi) is 2.31. The summed E-state index contributed by atoms with van der Waals surface area (Å²) in [5, 5.41) is 0. The van der Waals surface area contributed by atoms with Crippen LogP contribution in [0.25, 0.3) is 0 Å². The van der Waals surface area contributed by atoms with Crippen LogP contribution in [0, 0.1) is 0 Å². The fourth-order valence-corrected chi connectivity index (χ4v) is 0.888. The number of primary amides is 1. The summed E-state index contributed by atoms with van der Waals surface area (Å²) in [7, 11) is 0. The summed E-state index contributed by atoms with van der Waals surface area (Å²) in [6.07, 6.45) is -1.15. The molecule has 1 rings (SSSR count). The maximum atomic E-state index is 12.1. The van der Waals surface area contributed by atoms with Gasteiger partial charge in [-0.05, 0) is 6.08 Å². The number of alkyl halides is 3. The predicted octanol–water partition coefficient (Wildman–Crippen LogP) is 1.38. The largest absolute Gasteiger partial charge is 0.414 e. The lowest BCUT2D eigenvalue weighted by Crippen LogP contribution is -2.36. The van der Waals surface area contributed by atoms with Crippen LogP contribution in [-0.4, -0.2) is 23.7 Å². The van der Waals surface area contributed by atoms with E-state index in [-0.39, 0.29) is 0 Å². The van der Waals surface area contributed by atoms with E-state index in [0.29, 0.717) is 0 Å². The molecule has 1 aliphatic rings. The Morgan fingerprint density at radius 3 is 2.62 bits per heavy atom. The van der Waals surface area contributed by atoms with E-state index < -0.39 is 24.3 Å². The van der Waals surface area contributed by atoms with E-state index >= 15 is 0 Å². The third kappa shape index (κ3) is 2.24. The van der Waals surface area contributed by atoms with Gasteiger partial charge in [0, 0.05) is 6.20 Å². The quantitative estimate of drug-likeness (QED) is 0.619. The third-order valence-corrected chi connectivity index (χ3v) is 1.55. The Labute approximate surface area is 72.3 Å². The van der Waals surface area contributed by atoms with E-state index in [1.807, 2.05) is 0 Å². The van der Waals surface area contributed by atoms with Crippen LogP contribution in [0.3, 0.4) is 0 Å². The van der Waals surface area contributed by atoms with Crippen molar-refractivity contribution >= 4 is 6.03 Å². The average Bonchev–Trinajstić information content (AvgIpc) is 2.03. The topological polar surface area (TPSA) is 46.3 Å². The Hall–Kier alpha value is -1.46. The van der Waals surface area contributed by atoms with Gasteiger partial charge >= 0.3 is 12.2 Å². The average molecular weight is 192 g/mol. The molecule has 13 heavy (non-hydrogen) atoms. The minimum Gasteiger partial charge on any atom is -0.351 e. The Balaban J connectivity index is 2.78. The van der Waals surface area contributed by atoms with Crippen LogP contribution in [0.1, 0.15) is 0 Å². The van der Waals surface area contributed by atoms with Gasteiger partial charge in [-0.3, -0.25) is 4.90 Å². The molecular formula is C7H7F3N2O. The van der Waals surface area contributed by atoms with Crippen LogP contribution < -0.4 is 5.73 Å². The number of carbonyl (C=O) groups is 1. The molecule has 3 nitrogen and oxygen atoms in total. The molecule has 0 saturated heterocycles. The van der Waals surface area contributed by atoms with Crippen molar-refractivity contribution in [1.29, 1.82) is 0 Å². The van der Waals surface area contributed by atoms with Gasteiger partial charge in [-0.15, -0.1) is 0 Å². The van der Waals surface area contributed by atoms with Gasteiger partial charge in [0.1, 0.15) is 0 Å². The lowest BCUT2D eigenvalue weighted by atomic mass is 10.2. The Morgan fingerprint density at radius 1 is 1.54 bits per heavy atom. The molecule has 0 bridgehead atoms. The zero-order valence-electron chi connectivity index (χ0n) is 6.51. The van der Waals surface area contributed by atoms with Crippen LogP contribution in [0.15, 0.2) is 23.9 Å². The summed E-state index contributed by atoms with van der Waals surface area (Å²) in [4.78, 5) is 11.3. The van der Waals surface area contributed by atoms with Gasteiger partial charge < -0.3 is 5.73 Å². The van der Waals surface area contributed by atoms with Crippen molar-refractivity contribution in [2.45, 2.75) is 6.18 Å². The number of urea groups is 1. The summed E-state index contributed by atoms with van der Waals surface area (Å²) in [5.74, 6) is 0. The first kappa shape index (κ1) is 9.63. The van der Waals surface area contributed by atoms with E-state index in [9.17, 15) is 18.0 Å². The minimum absolute atomic E-state index is 0.519. The number of allylic oxidation sites excluding steroid dienone is 2. The van der Waals surface area contributed by atoms with E-state index in [1.165, 1.54) is 6.20 Å². The van der Waals surface area contributed by atoms with Gasteiger partial charge in [-0.25, -0.2) is 4.79 Å². The molecule has 0 radical (unpaired) electrons. The molecule has 0 aromatic heterocycles. The first-order valence-corrected chi connectivity index (χ1v) is 3.42. The molecule has 0 aromatic carbocycles. The molecule has 6 heteroatoms. The number of hydrogen-bond donors (Lipinski definition) is 1. The van der Waals surface area contributed by atoms with E-state index in [4.69, 9.17) is 5.73 Å². The fourth-order valence-electron chi connectivity index (χ4n) is 0.888. The molecule has 0 spiro atoms. The van der Waals surface area contributed by atoms with Crippen LogP contribution in [0.4, 0.5) is 18.0 Å². The number of nitrogens with zero attached hydrogens (tertiary/aromatic N) is 1. The molecule has 0 aromatic rings. The van der Waals surface area contributed by atoms with E-state index in [2.05, 4.69) is 0 Å². The van der Waals surface area contributed by atoms with Crippen LogP contribution in [0.5, 0.6) is 0 Å². The molecule has 0 saturated carbocycles. The Morgan fingerprint density at radius 2 is 2.15 bits per heavy atom. The van der Waals surface area contributed by atoms with Crippen molar-refractivity contribution in [1.82, 2.24) is 4.90 Å². The second kappa shape index (κ2) is 3.12. The van der Waals surface area contributed by atoms with Crippen molar-refractivity contribution in [2.75, 3.05) is 6.54 Å². The second-order valence-electron chi connectivity index (χ2n) is 2.50. The molecule has 1 aliphatic heterocycles. The van der Waals surface area contributed by atoms with E-state index in [0.717, 1.165) is 17.1 Å². The second-order valence-corrected chi connectivity index (χ2v) is 2.50. The monoisotopic (exact) mass is 192 g/mol.